The third-order valence-electron chi connectivity index (χ3n) is 2.79. The van der Waals surface area contributed by atoms with Crippen LogP contribution < -0.4 is 4.74 Å². The molecule has 0 atom stereocenters. The zero-order valence-corrected chi connectivity index (χ0v) is 10.6. The van der Waals surface area contributed by atoms with Gasteiger partial charge in [0.2, 0.25) is 0 Å². The summed E-state index contributed by atoms with van der Waals surface area (Å²) in [5, 5.41) is 1.17. The number of aromatic amines is 1. The van der Waals surface area contributed by atoms with E-state index >= 15 is 0 Å². The SMILES string of the molecule is COc1cccc2[nH]cc(CCOC(C)C)c12. The van der Waals surface area contributed by atoms with E-state index in [9.17, 15) is 0 Å². The van der Waals surface area contributed by atoms with Gasteiger partial charge in [0.25, 0.3) is 0 Å². The molecule has 0 spiro atoms. The van der Waals surface area contributed by atoms with Crippen LogP contribution >= 0.6 is 0 Å². The van der Waals surface area contributed by atoms with E-state index in [1.165, 1.54) is 10.9 Å². The summed E-state index contributed by atoms with van der Waals surface area (Å²) in [6.45, 7) is 4.84. The summed E-state index contributed by atoms with van der Waals surface area (Å²) in [7, 11) is 1.70. The average Bonchev–Trinajstić information content (AvgIpc) is 2.72. The van der Waals surface area contributed by atoms with Crippen molar-refractivity contribution in [3.05, 3.63) is 30.0 Å². The molecule has 0 amide bonds. The van der Waals surface area contributed by atoms with Gasteiger partial charge in [-0.3, -0.25) is 0 Å². The Morgan fingerprint density at radius 2 is 2.12 bits per heavy atom. The minimum Gasteiger partial charge on any atom is -0.496 e. The molecule has 3 heteroatoms. The predicted octanol–water partition coefficient (Wildman–Crippen LogP) is 3.14. The summed E-state index contributed by atoms with van der Waals surface area (Å²) in [6, 6.07) is 6.04. The van der Waals surface area contributed by atoms with Crippen LogP contribution in [0.3, 0.4) is 0 Å². The Hall–Kier alpha value is -1.48. The van der Waals surface area contributed by atoms with Gasteiger partial charge < -0.3 is 14.5 Å². The van der Waals surface area contributed by atoms with Gasteiger partial charge in [-0.05, 0) is 38.0 Å². The number of benzene rings is 1. The highest BCUT2D eigenvalue weighted by Crippen LogP contribution is 2.28. The quantitative estimate of drug-likeness (QED) is 0.860. The molecule has 0 aliphatic carbocycles. The highest BCUT2D eigenvalue weighted by Gasteiger charge is 2.08. The van der Waals surface area contributed by atoms with Gasteiger partial charge in [0, 0.05) is 17.1 Å². The molecular weight excluding hydrogens is 214 g/mol. The fraction of sp³-hybridized carbons (Fsp3) is 0.429. The van der Waals surface area contributed by atoms with Crippen LogP contribution in [-0.4, -0.2) is 24.8 Å². The van der Waals surface area contributed by atoms with Crippen molar-refractivity contribution in [3.63, 3.8) is 0 Å². The first-order chi connectivity index (χ1) is 8.22. The third kappa shape index (κ3) is 2.61. The highest BCUT2D eigenvalue weighted by atomic mass is 16.5. The monoisotopic (exact) mass is 233 g/mol. The zero-order chi connectivity index (χ0) is 12.3. The first-order valence-electron chi connectivity index (χ1n) is 5.97. The Bertz CT molecular complexity index is 488. The number of hydrogen-bond acceptors (Lipinski definition) is 2. The van der Waals surface area contributed by atoms with Gasteiger partial charge in [0.15, 0.2) is 0 Å². The topological polar surface area (TPSA) is 34.2 Å². The summed E-state index contributed by atoms with van der Waals surface area (Å²) in [5.74, 6) is 0.920. The van der Waals surface area contributed by atoms with E-state index in [1.54, 1.807) is 7.11 Å². The standard InChI is InChI=1S/C14H19NO2/c1-10(2)17-8-7-11-9-15-12-5-4-6-13(16-3)14(11)12/h4-6,9-10,15H,7-8H2,1-3H3. The van der Waals surface area contributed by atoms with Crippen molar-refractivity contribution < 1.29 is 9.47 Å². The zero-order valence-electron chi connectivity index (χ0n) is 10.6. The minimum absolute atomic E-state index is 0.280. The van der Waals surface area contributed by atoms with E-state index < -0.39 is 0 Å². The van der Waals surface area contributed by atoms with Crippen molar-refractivity contribution in [1.82, 2.24) is 4.98 Å². The highest BCUT2D eigenvalue weighted by molar-refractivity contribution is 5.89. The van der Waals surface area contributed by atoms with E-state index in [2.05, 4.69) is 24.9 Å². The number of methoxy groups -OCH3 is 1. The lowest BCUT2D eigenvalue weighted by Crippen LogP contribution is -2.05. The summed E-state index contributed by atoms with van der Waals surface area (Å²) in [4.78, 5) is 3.27. The van der Waals surface area contributed by atoms with Gasteiger partial charge in [-0.25, -0.2) is 0 Å². The molecule has 1 aromatic heterocycles. The second-order valence-corrected chi connectivity index (χ2v) is 4.37. The molecule has 0 saturated carbocycles. The molecule has 0 aliphatic rings. The molecular formula is C14H19NO2. The number of fused-ring (bicyclic) bond motifs is 1. The largest absolute Gasteiger partial charge is 0.496 e. The number of H-pyrrole nitrogens is 1. The van der Waals surface area contributed by atoms with Crippen molar-refractivity contribution in [1.29, 1.82) is 0 Å². The number of ether oxygens (including phenoxy) is 2. The van der Waals surface area contributed by atoms with Crippen LogP contribution in [0.15, 0.2) is 24.4 Å². The van der Waals surface area contributed by atoms with Crippen LogP contribution in [0.1, 0.15) is 19.4 Å². The van der Waals surface area contributed by atoms with E-state index in [-0.39, 0.29) is 6.10 Å². The fourth-order valence-corrected chi connectivity index (χ4v) is 1.99. The molecule has 0 radical (unpaired) electrons. The Balaban J connectivity index is 2.22. The van der Waals surface area contributed by atoms with Gasteiger partial charge in [-0.2, -0.15) is 0 Å². The van der Waals surface area contributed by atoms with Gasteiger partial charge in [0.05, 0.1) is 19.8 Å². The van der Waals surface area contributed by atoms with Crippen molar-refractivity contribution in [3.8, 4) is 5.75 Å². The lowest BCUT2D eigenvalue weighted by atomic mass is 10.1. The van der Waals surface area contributed by atoms with Gasteiger partial charge in [-0.15, -0.1) is 0 Å². The predicted molar refractivity (Wildman–Crippen MR) is 69.6 cm³/mol. The first-order valence-corrected chi connectivity index (χ1v) is 5.97. The summed E-state index contributed by atoms with van der Waals surface area (Å²) in [5.41, 5.74) is 2.36. The van der Waals surface area contributed by atoms with Crippen LogP contribution in [0, 0.1) is 0 Å². The third-order valence-corrected chi connectivity index (χ3v) is 2.79. The van der Waals surface area contributed by atoms with Crippen molar-refractivity contribution >= 4 is 10.9 Å². The summed E-state index contributed by atoms with van der Waals surface area (Å²) < 4.78 is 11.0. The number of hydrogen-bond donors (Lipinski definition) is 1. The van der Waals surface area contributed by atoms with E-state index in [1.807, 2.05) is 18.3 Å². The van der Waals surface area contributed by atoms with Crippen molar-refractivity contribution in [2.24, 2.45) is 0 Å². The second-order valence-electron chi connectivity index (χ2n) is 4.37. The number of nitrogens with one attached hydrogen (secondary N) is 1. The molecule has 0 fully saturated rings. The fourth-order valence-electron chi connectivity index (χ4n) is 1.99. The van der Waals surface area contributed by atoms with Crippen LogP contribution in [0.25, 0.3) is 10.9 Å². The maximum atomic E-state index is 5.58. The molecule has 2 rings (SSSR count). The Morgan fingerprint density at radius 3 is 2.82 bits per heavy atom. The minimum atomic E-state index is 0.280. The first kappa shape index (κ1) is 12.0. The molecule has 0 aliphatic heterocycles. The average molecular weight is 233 g/mol. The molecule has 0 bridgehead atoms. The van der Waals surface area contributed by atoms with E-state index in [0.717, 1.165) is 24.3 Å². The normalized spacial score (nSPS) is 11.3. The van der Waals surface area contributed by atoms with Gasteiger partial charge in [0.1, 0.15) is 5.75 Å². The van der Waals surface area contributed by atoms with E-state index in [0.29, 0.717) is 0 Å². The molecule has 1 N–H and O–H groups in total. The molecule has 0 saturated heterocycles. The van der Waals surface area contributed by atoms with E-state index in [4.69, 9.17) is 9.47 Å². The number of rotatable bonds is 5. The maximum absolute atomic E-state index is 5.58. The van der Waals surface area contributed by atoms with Crippen LogP contribution in [-0.2, 0) is 11.2 Å². The Labute approximate surface area is 102 Å². The molecule has 1 aromatic carbocycles. The van der Waals surface area contributed by atoms with Gasteiger partial charge in [-0.1, -0.05) is 6.07 Å². The van der Waals surface area contributed by atoms with Crippen molar-refractivity contribution in [2.45, 2.75) is 26.4 Å². The molecule has 3 nitrogen and oxygen atoms in total. The van der Waals surface area contributed by atoms with Crippen LogP contribution in [0.2, 0.25) is 0 Å². The maximum Gasteiger partial charge on any atom is 0.128 e. The summed E-state index contributed by atoms with van der Waals surface area (Å²) >= 11 is 0. The second kappa shape index (κ2) is 5.23. The number of aromatic nitrogens is 1. The van der Waals surface area contributed by atoms with Crippen LogP contribution in [0.4, 0.5) is 0 Å². The molecule has 92 valence electrons. The Morgan fingerprint density at radius 1 is 1.29 bits per heavy atom. The summed E-state index contributed by atoms with van der Waals surface area (Å²) in [6.07, 6.45) is 3.22. The lowest BCUT2D eigenvalue weighted by molar-refractivity contribution is 0.0815. The van der Waals surface area contributed by atoms with Gasteiger partial charge >= 0.3 is 0 Å². The Kier molecular flexibility index (Phi) is 3.69. The van der Waals surface area contributed by atoms with Crippen molar-refractivity contribution in [2.75, 3.05) is 13.7 Å². The molecule has 0 unspecified atom stereocenters. The lowest BCUT2D eigenvalue weighted by Gasteiger charge is -2.08. The molecule has 17 heavy (non-hydrogen) atoms. The van der Waals surface area contributed by atoms with Crippen LogP contribution in [0.5, 0.6) is 5.75 Å². The molecule has 2 aromatic rings. The molecule has 1 heterocycles. The smallest absolute Gasteiger partial charge is 0.128 e.